The number of ether oxygens (including phenoxy) is 1. The number of thiocarbonyl (C=S) groups is 1. The van der Waals surface area contributed by atoms with E-state index in [-0.39, 0.29) is 0 Å². The molecule has 0 aliphatic carbocycles. The van der Waals surface area contributed by atoms with Crippen LogP contribution in [0.4, 0.5) is 0 Å². The summed E-state index contributed by atoms with van der Waals surface area (Å²) in [6.07, 6.45) is 6.24. The first-order chi connectivity index (χ1) is 13.1. The van der Waals surface area contributed by atoms with Gasteiger partial charge >= 0.3 is 5.97 Å². The Balaban J connectivity index is 1.86. The summed E-state index contributed by atoms with van der Waals surface area (Å²) in [4.78, 5) is 11.9. The van der Waals surface area contributed by atoms with Crippen LogP contribution >= 0.6 is 23.8 Å². The molecular formula is C20H18ClN3O2S. The van der Waals surface area contributed by atoms with Gasteiger partial charge in [-0.1, -0.05) is 35.9 Å². The number of esters is 1. The van der Waals surface area contributed by atoms with Gasteiger partial charge in [0.2, 0.25) is 0 Å². The molecule has 0 amide bonds. The van der Waals surface area contributed by atoms with E-state index in [1.54, 1.807) is 48.7 Å². The lowest BCUT2D eigenvalue weighted by molar-refractivity contribution is -0.128. The van der Waals surface area contributed by atoms with Gasteiger partial charge in [-0.15, -0.1) is 6.58 Å². The van der Waals surface area contributed by atoms with Crippen molar-refractivity contribution in [2.45, 2.75) is 0 Å². The van der Waals surface area contributed by atoms with Crippen molar-refractivity contribution in [1.82, 2.24) is 10.7 Å². The summed E-state index contributed by atoms with van der Waals surface area (Å²) in [5, 5.41) is 7.88. The normalized spacial score (nSPS) is 10.7. The highest BCUT2D eigenvalue weighted by atomic mass is 35.5. The van der Waals surface area contributed by atoms with Crippen LogP contribution < -0.4 is 15.5 Å². The summed E-state index contributed by atoms with van der Waals surface area (Å²) in [5.41, 5.74) is 4.25. The van der Waals surface area contributed by atoms with Crippen molar-refractivity contribution in [2.24, 2.45) is 5.10 Å². The molecule has 0 heterocycles. The summed E-state index contributed by atoms with van der Waals surface area (Å²) in [6.45, 7) is 4.15. The molecule has 0 saturated heterocycles. The fourth-order valence-electron chi connectivity index (χ4n) is 1.91. The number of nitrogens with zero attached hydrogens (tertiary/aromatic N) is 1. The fraction of sp³-hybridized carbons (Fsp3) is 0.0500. The summed E-state index contributed by atoms with van der Waals surface area (Å²) in [7, 11) is 0. The number of hydrazone groups is 1. The van der Waals surface area contributed by atoms with Gasteiger partial charge < -0.3 is 10.1 Å². The molecule has 0 atom stereocenters. The topological polar surface area (TPSA) is 62.7 Å². The van der Waals surface area contributed by atoms with Gasteiger partial charge in [0.25, 0.3) is 0 Å². The molecule has 2 rings (SSSR count). The van der Waals surface area contributed by atoms with Crippen molar-refractivity contribution in [3.05, 3.63) is 83.4 Å². The summed E-state index contributed by atoms with van der Waals surface area (Å²) in [6, 6.07) is 14.1. The molecule has 27 heavy (non-hydrogen) atoms. The molecule has 0 radical (unpaired) electrons. The molecule has 138 valence electrons. The van der Waals surface area contributed by atoms with Gasteiger partial charge in [-0.2, -0.15) is 5.10 Å². The first kappa shape index (κ1) is 20.4. The Bertz CT molecular complexity index is 864. The number of halogens is 1. The molecule has 0 spiro atoms. The van der Waals surface area contributed by atoms with E-state index < -0.39 is 5.97 Å². The summed E-state index contributed by atoms with van der Waals surface area (Å²) in [5.74, 6) is -0.0614. The van der Waals surface area contributed by atoms with E-state index in [1.807, 2.05) is 18.2 Å². The molecule has 7 heteroatoms. The Morgan fingerprint density at radius 1 is 1.22 bits per heavy atom. The predicted octanol–water partition coefficient (Wildman–Crippen LogP) is 3.94. The second-order valence-corrected chi connectivity index (χ2v) is 6.03. The molecule has 0 fully saturated rings. The molecule has 0 unspecified atom stereocenters. The van der Waals surface area contributed by atoms with E-state index in [0.29, 0.717) is 22.4 Å². The number of hydrogen-bond donors (Lipinski definition) is 2. The quantitative estimate of drug-likeness (QED) is 0.140. The van der Waals surface area contributed by atoms with E-state index in [9.17, 15) is 4.79 Å². The van der Waals surface area contributed by atoms with Crippen LogP contribution in [0.3, 0.4) is 0 Å². The largest absolute Gasteiger partial charge is 0.423 e. The standard InChI is InChI=1S/C20H18ClN3O2S/c1-2-13-22-20(27)24-23-14-15-7-10-17(11-8-15)26-19(25)12-9-16-5-3-4-6-18(16)21/h2-12,14H,1,13H2,(H2,22,24,27)/b12-9+,23-14+. The molecular weight excluding hydrogens is 382 g/mol. The van der Waals surface area contributed by atoms with Crippen molar-refractivity contribution in [3.63, 3.8) is 0 Å². The average Bonchev–Trinajstić information content (AvgIpc) is 2.67. The molecule has 2 N–H and O–H groups in total. The summed E-state index contributed by atoms with van der Waals surface area (Å²) >= 11 is 11.0. The maximum Gasteiger partial charge on any atom is 0.336 e. The van der Waals surface area contributed by atoms with E-state index in [2.05, 4.69) is 22.4 Å². The van der Waals surface area contributed by atoms with Crippen molar-refractivity contribution < 1.29 is 9.53 Å². The van der Waals surface area contributed by atoms with E-state index in [1.165, 1.54) is 6.08 Å². The zero-order valence-corrected chi connectivity index (χ0v) is 16.0. The SMILES string of the molecule is C=CCNC(=S)N/N=C/c1ccc(OC(=O)/C=C/c2ccccc2Cl)cc1. The maximum atomic E-state index is 11.9. The van der Waals surface area contributed by atoms with Crippen LogP contribution in [-0.2, 0) is 4.79 Å². The monoisotopic (exact) mass is 399 g/mol. The van der Waals surface area contributed by atoms with E-state index in [0.717, 1.165) is 11.1 Å². The van der Waals surface area contributed by atoms with Crippen LogP contribution in [-0.4, -0.2) is 23.8 Å². The Kier molecular flexibility index (Phi) is 8.22. The van der Waals surface area contributed by atoms with E-state index >= 15 is 0 Å². The molecule has 2 aromatic carbocycles. The second-order valence-electron chi connectivity index (χ2n) is 5.21. The second kappa shape index (κ2) is 10.9. The van der Waals surface area contributed by atoms with E-state index in [4.69, 9.17) is 28.6 Å². The van der Waals surface area contributed by atoms with Gasteiger partial charge in [-0.25, -0.2) is 4.79 Å². The van der Waals surface area contributed by atoms with Crippen LogP contribution in [0.1, 0.15) is 11.1 Å². The lowest BCUT2D eigenvalue weighted by Gasteiger charge is -2.04. The number of rotatable bonds is 7. The van der Waals surface area contributed by atoms with Crippen molar-refractivity contribution >= 4 is 47.2 Å². The third kappa shape index (κ3) is 7.43. The molecule has 0 aliphatic rings. The first-order valence-electron chi connectivity index (χ1n) is 8.01. The van der Waals surface area contributed by atoms with Crippen LogP contribution in [0.25, 0.3) is 6.08 Å². The minimum absolute atomic E-state index is 0.405. The first-order valence-corrected chi connectivity index (χ1v) is 8.79. The maximum absolute atomic E-state index is 11.9. The number of benzene rings is 2. The molecule has 2 aromatic rings. The van der Waals surface area contributed by atoms with Gasteiger partial charge in [-0.3, -0.25) is 5.43 Å². The predicted molar refractivity (Wildman–Crippen MR) is 114 cm³/mol. The number of hydrogen-bond acceptors (Lipinski definition) is 4. The van der Waals surface area contributed by atoms with Gasteiger partial charge in [0.05, 0.1) is 6.21 Å². The zero-order chi connectivity index (χ0) is 19.5. The minimum atomic E-state index is -0.489. The number of carbonyl (C=O) groups is 1. The van der Waals surface area contributed by atoms with Crippen LogP contribution in [0.15, 0.2) is 72.4 Å². The lowest BCUT2D eigenvalue weighted by Crippen LogP contribution is -2.31. The highest BCUT2D eigenvalue weighted by Gasteiger charge is 2.01. The van der Waals surface area contributed by atoms with Gasteiger partial charge in [0.1, 0.15) is 5.75 Å². The highest BCUT2D eigenvalue weighted by molar-refractivity contribution is 7.80. The molecule has 5 nitrogen and oxygen atoms in total. The third-order valence-electron chi connectivity index (χ3n) is 3.19. The average molecular weight is 400 g/mol. The minimum Gasteiger partial charge on any atom is -0.423 e. The lowest BCUT2D eigenvalue weighted by atomic mass is 10.2. The summed E-state index contributed by atoms with van der Waals surface area (Å²) < 4.78 is 5.25. The van der Waals surface area contributed by atoms with Gasteiger partial charge in [-0.05, 0) is 59.8 Å². The van der Waals surface area contributed by atoms with Gasteiger partial charge in [0, 0.05) is 17.6 Å². The fourth-order valence-corrected chi connectivity index (χ4v) is 2.24. The Hall–Kier alpha value is -2.96. The highest BCUT2D eigenvalue weighted by Crippen LogP contribution is 2.17. The third-order valence-corrected chi connectivity index (χ3v) is 3.77. The smallest absolute Gasteiger partial charge is 0.336 e. The molecule has 0 aromatic heterocycles. The molecule has 0 bridgehead atoms. The Labute approximate surface area is 168 Å². The zero-order valence-electron chi connectivity index (χ0n) is 14.4. The van der Waals surface area contributed by atoms with Crippen LogP contribution in [0.2, 0.25) is 5.02 Å². The van der Waals surface area contributed by atoms with Crippen LogP contribution in [0.5, 0.6) is 5.75 Å². The molecule has 0 aliphatic heterocycles. The van der Waals surface area contributed by atoms with Gasteiger partial charge in [0.15, 0.2) is 5.11 Å². The van der Waals surface area contributed by atoms with Crippen molar-refractivity contribution in [3.8, 4) is 5.75 Å². The number of carbonyl (C=O) groups excluding carboxylic acids is 1. The van der Waals surface area contributed by atoms with Crippen LogP contribution in [0, 0.1) is 0 Å². The Morgan fingerprint density at radius 2 is 1.96 bits per heavy atom. The number of nitrogens with one attached hydrogen (secondary N) is 2. The van der Waals surface area contributed by atoms with Crippen molar-refractivity contribution in [2.75, 3.05) is 6.54 Å². The Morgan fingerprint density at radius 3 is 2.67 bits per heavy atom. The molecule has 0 saturated carbocycles. The van der Waals surface area contributed by atoms with Crippen molar-refractivity contribution in [1.29, 1.82) is 0 Å².